The summed E-state index contributed by atoms with van der Waals surface area (Å²) in [7, 11) is 3.82. The molecule has 6 nitrogen and oxygen atoms in total. The third-order valence-electron chi connectivity index (χ3n) is 6.93. The van der Waals surface area contributed by atoms with Crippen LogP contribution in [0.2, 0.25) is 5.02 Å². The lowest BCUT2D eigenvalue weighted by atomic mass is 10.0. The van der Waals surface area contributed by atoms with E-state index in [1.165, 1.54) is 38.3 Å². The molecule has 0 bridgehead atoms. The van der Waals surface area contributed by atoms with Gasteiger partial charge in [0, 0.05) is 29.6 Å². The van der Waals surface area contributed by atoms with Crippen LogP contribution >= 0.6 is 11.6 Å². The Kier molecular flexibility index (Phi) is 6.01. The van der Waals surface area contributed by atoms with Gasteiger partial charge < -0.3 is 19.7 Å². The van der Waals surface area contributed by atoms with Crippen molar-refractivity contribution in [2.24, 2.45) is 17.8 Å². The van der Waals surface area contributed by atoms with E-state index in [1.54, 1.807) is 20.1 Å². The number of aryl methyl sites for hydroxylation is 1. The maximum atomic E-state index is 14.5. The van der Waals surface area contributed by atoms with E-state index in [9.17, 15) is 4.39 Å². The molecular weight excluding hydrogens is 443 g/mol. The molecule has 2 heterocycles. The van der Waals surface area contributed by atoms with Gasteiger partial charge in [0.05, 0.1) is 24.9 Å². The third-order valence-corrected chi connectivity index (χ3v) is 7.34. The number of ether oxygens (including phenoxy) is 2. The first-order valence-corrected chi connectivity index (χ1v) is 11.7. The number of likely N-dealkylation sites (tertiary alicyclic amines) is 1. The van der Waals surface area contributed by atoms with Gasteiger partial charge in [0.25, 0.3) is 0 Å². The highest BCUT2D eigenvalue weighted by atomic mass is 35.5. The number of aromatic nitrogens is 2. The first-order valence-electron chi connectivity index (χ1n) is 11.3. The molecule has 1 aliphatic heterocycles. The summed E-state index contributed by atoms with van der Waals surface area (Å²) in [6.07, 6.45) is 3.88. The molecule has 1 N–H and O–H groups in total. The van der Waals surface area contributed by atoms with Crippen LogP contribution in [0.25, 0.3) is 10.9 Å². The molecule has 0 unspecified atom stereocenters. The molecule has 2 aliphatic rings. The fourth-order valence-electron chi connectivity index (χ4n) is 5.31. The first kappa shape index (κ1) is 22.2. The van der Waals surface area contributed by atoms with Gasteiger partial charge in [0.15, 0.2) is 11.5 Å². The molecule has 0 spiro atoms. The molecule has 3 atom stereocenters. The molecular formula is C25H28ClFN4O2. The van der Waals surface area contributed by atoms with Gasteiger partial charge in [-0.2, -0.15) is 0 Å². The second-order valence-electron chi connectivity index (χ2n) is 9.34. The van der Waals surface area contributed by atoms with Crippen molar-refractivity contribution in [2.75, 3.05) is 39.2 Å². The van der Waals surface area contributed by atoms with Gasteiger partial charge in [-0.3, -0.25) is 0 Å². The van der Waals surface area contributed by atoms with Crippen molar-refractivity contribution >= 4 is 34.0 Å². The monoisotopic (exact) mass is 470 g/mol. The molecule has 174 valence electrons. The standard InChI is InChI=1S/C25H28ClFN4O2/c1-14-4-20(27)22(8-19(14)26)30-25-18-7-23(32-3)24(9-21(18)28-13-29-25)33-12-15-5-16-10-31(2)11-17(16)6-15/h4,7-9,13,15-17H,5-6,10-12H2,1-3H3,(H,28,29,30)/t15-,16+,17-. The van der Waals surface area contributed by atoms with E-state index < -0.39 is 5.82 Å². The number of nitrogens with one attached hydrogen (secondary N) is 1. The highest BCUT2D eigenvalue weighted by Gasteiger charge is 2.39. The SMILES string of the molecule is COc1cc2c(Nc3cc(Cl)c(C)cc3F)ncnc2cc1OC[C@H]1C[C@@H]2CN(C)C[C@@H]2C1. The van der Waals surface area contributed by atoms with Crippen molar-refractivity contribution in [1.82, 2.24) is 14.9 Å². The lowest BCUT2D eigenvalue weighted by Gasteiger charge is -2.17. The Hall–Kier alpha value is -2.64. The van der Waals surface area contributed by atoms with Crippen molar-refractivity contribution in [2.45, 2.75) is 19.8 Å². The lowest BCUT2D eigenvalue weighted by Crippen LogP contribution is -2.18. The van der Waals surface area contributed by atoms with Gasteiger partial charge in [0.1, 0.15) is 18.0 Å². The maximum absolute atomic E-state index is 14.5. The average molecular weight is 471 g/mol. The van der Waals surface area contributed by atoms with Crippen molar-refractivity contribution in [3.63, 3.8) is 0 Å². The number of benzene rings is 2. The van der Waals surface area contributed by atoms with Crippen LogP contribution in [-0.2, 0) is 0 Å². The van der Waals surface area contributed by atoms with Crippen molar-refractivity contribution < 1.29 is 13.9 Å². The van der Waals surface area contributed by atoms with E-state index in [-0.39, 0.29) is 5.69 Å². The van der Waals surface area contributed by atoms with Crippen LogP contribution in [-0.4, -0.2) is 48.7 Å². The Labute approximate surface area is 198 Å². The summed E-state index contributed by atoms with van der Waals surface area (Å²) in [5.74, 6) is 3.47. The van der Waals surface area contributed by atoms with Gasteiger partial charge in [0.2, 0.25) is 0 Å². The minimum Gasteiger partial charge on any atom is -0.493 e. The van der Waals surface area contributed by atoms with Crippen LogP contribution in [0.4, 0.5) is 15.9 Å². The van der Waals surface area contributed by atoms with Gasteiger partial charge >= 0.3 is 0 Å². The first-order chi connectivity index (χ1) is 15.9. The number of hydrogen-bond donors (Lipinski definition) is 1. The summed E-state index contributed by atoms with van der Waals surface area (Å²) in [4.78, 5) is 11.1. The largest absolute Gasteiger partial charge is 0.493 e. The van der Waals surface area contributed by atoms with Gasteiger partial charge in [-0.25, -0.2) is 14.4 Å². The maximum Gasteiger partial charge on any atom is 0.163 e. The Bertz CT molecular complexity index is 1180. The van der Waals surface area contributed by atoms with Crippen LogP contribution in [0.5, 0.6) is 11.5 Å². The van der Waals surface area contributed by atoms with E-state index in [4.69, 9.17) is 21.1 Å². The molecule has 0 amide bonds. The second kappa shape index (κ2) is 8.95. The Balaban J connectivity index is 1.37. The Morgan fingerprint density at radius 1 is 1.12 bits per heavy atom. The van der Waals surface area contributed by atoms with Crippen LogP contribution in [0, 0.1) is 30.5 Å². The molecule has 33 heavy (non-hydrogen) atoms. The van der Waals surface area contributed by atoms with Crippen LogP contribution in [0.1, 0.15) is 18.4 Å². The summed E-state index contributed by atoms with van der Waals surface area (Å²) < 4.78 is 26.3. The number of nitrogens with zero attached hydrogens (tertiary/aromatic N) is 3. The van der Waals surface area contributed by atoms with Gasteiger partial charge in [-0.1, -0.05) is 11.6 Å². The number of fused-ring (bicyclic) bond motifs is 2. The zero-order chi connectivity index (χ0) is 23.1. The molecule has 1 aromatic heterocycles. The summed E-state index contributed by atoms with van der Waals surface area (Å²) in [5.41, 5.74) is 1.61. The van der Waals surface area contributed by atoms with Crippen molar-refractivity contribution in [1.29, 1.82) is 0 Å². The smallest absolute Gasteiger partial charge is 0.163 e. The van der Waals surface area contributed by atoms with Crippen LogP contribution in [0.15, 0.2) is 30.6 Å². The molecule has 0 radical (unpaired) electrons. The molecule has 8 heteroatoms. The zero-order valence-corrected chi connectivity index (χ0v) is 19.8. The van der Waals surface area contributed by atoms with Crippen LogP contribution in [0.3, 0.4) is 0 Å². The van der Waals surface area contributed by atoms with E-state index in [0.717, 1.165) is 11.8 Å². The minimum absolute atomic E-state index is 0.252. The molecule has 1 aliphatic carbocycles. The number of halogens is 2. The van der Waals surface area contributed by atoms with Crippen molar-refractivity contribution in [3.8, 4) is 11.5 Å². The van der Waals surface area contributed by atoms with E-state index in [1.807, 2.05) is 12.1 Å². The summed E-state index contributed by atoms with van der Waals surface area (Å²) in [6.45, 7) is 4.82. The Morgan fingerprint density at radius 3 is 2.61 bits per heavy atom. The van der Waals surface area contributed by atoms with Gasteiger partial charge in [-0.05, 0) is 68.3 Å². The summed E-state index contributed by atoms with van der Waals surface area (Å²) in [5, 5.41) is 4.23. The predicted molar refractivity (Wildman–Crippen MR) is 128 cm³/mol. The molecule has 1 saturated heterocycles. The highest BCUT2D eigenvalue weighted by Crippen LogP contribution is 2.42. The topological polar surface area (TPSA) is 59.5 Å². The van der Waals surface area contributed by atoms with Crippen LogP contribution < -0.4 is 14.8 Å². The lowest BCUT2D eigenvalue weighted by molar-refractivity contribution is 0.227. The second-order valence-corrected chi connectivity index (χ2v) is 9.75. The molecule has 2 aromatic carbocycles. The molecule has 5 rings (SSSR count). The molecule has 3 aromatic rings. The zero-order valence-electron chi connectivity index (χ0n) is 19.1. The molecule has 1 saturated carbocycles. The number of hydrogen-bond acceptors (Lipinski definition) is 6. The third kappa shape index (κ3) is 4.44. The number of anilines is 2. The normalized spacial score (nSPS) is 22.5. The average Bonchev–Trinajstić information content (AvgIpc) is 3.32. The van der Waals surface area contributed by atoms with Gasteiger partial charge in [-0.15, -0.1) is 0 Å². The Morgan fingerprint density at radius 2 is 1.88 bits per heavy atom. The van der Waals surface area contributed by atoms with Crippen molar-refractivity contribution in [3.05, 3.63) is 47.0 Å². The van der Waals surface area contributed by atoms with E-state index >= 15 is 0 Å². The summed E-state index contributed by atoms with van der Waals surface area (Å²) >= 11 is 6.19. The fraction of sp³-hybridized carbons (Fsp3) is 0.440. The van der Waals surface area contributed by atoms with E-state index in [0.29, 0.717) is 51.3 Å². The quantitative estimate of drug-likeness (QED) is 0.517. The fourth-order valence-corrected chi connectivity index (χ4v) is 5.47. The van der Waals surface area contributed by atoms with E-state index in [2.05, 4.69) is 27.2 Å². The molecule has 2 fully saturated rings. The predicted octanol–water partition coefficient (Wildman–Crippen LogP) is 5.45. The number of methoxy groups -OCH3 is 1. The highest BCUT2D eigenvalue weighted by molar-refractivity contribution is 6.31. The number of rotatable bonds is 6. The minimum atomic E-state index is -0.400. The summed E-state index contributed by atoms with van der Waals surface area (Å²) in [6, 6.07) is 6.65.